The molecule has 9 nitrogen and oxygen atoms in total. The Bertz CT molecular complexity index is 1270. The van der Waals surface area contributed by atoms with Gasteiger partial charge in [-0.15, -0.1) is 0 Å². The highest BCUT2D eigenvalue weighted by atomic mass is 32.1. The Hall–Kier alpha value is -3.34. The fourth-order valence-corrected chi connectivity index (χ4v) is 4.91. The number of aromatic nitrogens is 3. The van der Waals surface area contributed by atoms with E-state index >= 15 is 0 Å². The molecule has 4 rings (SSSR count). The molecule has 3 aromatic rings. The van der Waals surface area contributed by atoms with Crippen molar-refractivity contribution in [2.24, 2.45) is 5.92 Å². The third-order valence-electron chi connectivity index (χ3n) is 5.70. The van der Waals surface area contributed by atoms with Gasteiger partial charge in [-0.2, -0.15) is 4.98 Å². The second-order valence-corrected chi connectivity index (χ2v) is 9.41. The van der Waals surface area contributed by atoms with Crippen LogP contribution in [0.1, 0.15) is 31.7 Å². The average Bonchev–Trinajstić information content (AvgIpc) is 3.26. The number of nitrogens with zero attached hydrogens (tertiary/aromatic N) is 4. The first-order chi connectivity index (χ1) is 16.4. The molecule has 2 N–H and O–H groups in total. The predicted octanol–water partition coefficient (Wildman–Crippen LogP) is 2.68. The van der Waals surface area contributed by atoms with E-state index in [2.05, 4.69) is 20.6 Å². The van der Waals surface area contributed by atoms with Crippen LogP contribution < -0.4 is 21.1 Å². The first-order valence-corrected chi connectivity index (χ1v) is 12.1. The van der Waals surface area contributed by atoms with Crippen LogP contribution in [0.5, 0.6) is 0 Å². The van der Waals surface area contributed by atoms with Gasteiger partial charge in [0, 0.05) is 19.6 Å². The summed E-state index contributed by atoms with van der Waals surface area (Å²) in [6.45, 7) is 5.41. The van der Waals surface area contributed by atoms with Crippen molar-refractivity contribution in [2.75, 3.05) is 29.9 Å². The van der Waals surface area contributed by atoms with Crippen LogP contribution >= 0.6 is 11.3 Å². The molecule has 2 amide bonds. The normalized spacial score (nSPS) is 16.0. The molecule has 1 aliphatic heterocycles. The molecule has 1 aromatic carbocycles. The Labute approximate surface area is 200 Å². The minimum atomic E-state index is -0.537. The number of piperidine rings is 1. The number of carbonyl (C=O) groups excluding carboxylic acids is 2. The van der Waals surface area contributed by atoms with Gasteiger partial charge in [-0.05, 0) is 43.9 Å². The van der Waals surface area contributed by atoms with Crippen molar-refractivity contribution in [2.45, 2.75) is 39.7 Å². The SMILES string of the molecule is CCCNC(=O)[C@H]1CCCN(c2nc3ncn(CC(=O)Nc4ccc(C)cc4F)c(=O)c3s2)C1. The summed E-state index contributed by atoms with van der Waals surface area (Å²) in [6.07, 6.45) is 3.83. The van der Waals surface area contributed by atoms with Gasteiger partial charge >= 0.3 is 0 Å². The average molecular weight is 487 g/mol. The summed E-state index contributed by atoms with van der Waals surface area (Å²) in [4.78, 5) is 48.5. The van der Waals surface area contributed by atoms with E-state index in [1.807, 2.05) is 11.8 Å². The third-order valence-corrected chi connectivity index (χ3v) is 6.79. The van der Waals surface area contributed by atoms with Crippen LogP contribution in [0.3, 0.4) is 0 Å². The number of aryl methyl sites for hydroxylation is 1. The highest BCUT2D eigenvalue weighted by Gasteiger charge is 2.28. The van der Waals surface area contributed by atoms with Crippen molar-refractivity contribution in [1.29, 1.82) is 0 Å². The summed E-state index contributed by atoms with van der Waals surface area (Å²) in [6, 6.07) is 4.50. The van der Waals surface area contributed by atoms with E-state index in [9.17, 15) is 18.8 Å². The topological polar surface area (TPSA) is 109 Å². The molecule has 0 aliphatic carbocycles. The maximum atomic E-state index is 14.0. The fourth-order valence-electron chi connectivity index (χ4n) is 3.91. The number of amides is 2. The van der Waals surface area contributed by atoms with Crippen LogP contribution in [-0.4, -0.2) is 46.0 Å². The molecule has 180 valence electrons. The lowest BCUT2D eigenvalue weighted by atomic mass is 9.97. The number of rotatable bonds is 7. The van der Waals surface area contributed by atoms with Crippen molar-refractivity contribution in [3.63, 3.8) is 0 Å². The molecule has 3 heterocycles. The largest absolute Gasteiger partial charge is 0.356 e. The van der Waals surface area contributed by atoms with Gasteiger partial charge in [-0.1, -0.05) is 24.3 Å². The van der Waals surface area contributed by atoms with Crippen molar-refractivity contribution in [1.82, 2.24) is 19.9 Å². The second-order valence-electron chi connectivity index (χ2n) is 8.43. The standard InChI is InChI=1S/C23H27FN6O3S/c1-3-8-25-21(32)15-5-4-9-29(11-15)23-28-20-19(34-23)22(33)30(13-26-20)12-18(31)27-17-7-6-14(2)10-16(17)24/h6-7,10,13,15H,3-5,8-9,11-12H2,1-2H3,(H,25,32)(H,27,31)/t15-/m0/s1. The van der Waals surface area contributed by atoms with Gasteiger partial charge in [-0.25, -0.2) is 9.37 Å². The molecule has 1 saturated heterocycles. The zero-order chi connectivity index (χ0) is 24.2. The first-order valence-electron chi connectivity index (χ1n) is 11.3. The van der Waals surface area contributed by atoms with E-state index in [1.165, 1.54) is 34.4 Å². The Morgan fingerprint density at radius 2 is 2.15 bits per heavy atom. The lowest BCUT2D eigenvalue weighted by molar-refractivity contribution is -0.125. The Morgan fingerprint density at radius 1 is 1.32 bits per heavy atom. The number of carbonyl (C=O) groups is 2. The molecule has 1 fully saturated rings. The molecular weight excluding hydrogens is 459 g/mol. The summed E-state index contributed by atoms with van der Waals surface area (Å²) < 4.78 is 15.5. The minimum absolute atomic E-state index is 0.0455. The van der Waals surface area contributed by atoms with Crippen LogP contribution in [0, 0.1) is 18.7 Å². The molecule has 2 aromatic heterocycles. The van der Waals surface area contributed by atoms with Gasteiger partial charge in [0.25, 0.3) is 5.56 Å². The zero-order valence-electron chi connectivity index (χ0n) is 19.1. The van der Waals surface area contributed by atoms with E-state index in [0.29, 0.717) is 28.6 Å². The molecule has 0 spiro atoms. The Kier molecular flexibility index (Phi) is 7.20. The van der Waals surface area contributed by atoms with Crippen LogP contribution in [-0.2, 0) is 16.1 Å². The molecule has 0 saturated carbocycles. The highest BCUT2D eigenvalue weighted by Crippen LogP contribution is 2.29. The van der Waals surface area contributed by atoms with E-state index < -0.39 is 11.7 Å². The summed E-state index contributed by atoms with van der Waals surface area (Å²) in [5, 5.41) is 6.07. The van der Waals surface area contributed by atoms with Gasteiger partial charge < -0.3 is 15.5 Å². The van der Waals surface area contributed by atoms with Gasteiger partial charge in [0.05, 0.1) is 11.6 Å². The van der Waals surface area contributed by atoms with Gasteiger partial charge in [0.1, 0.15) is 23.4 Å². The molecule has 0 bridgehead atoms. The van der Waals surface area contributed by atoms with E-state index in [4.69, 9.17) is 0 Å². The molecular formula is C23H27FN6O3S. The molecule has 1 aliphatic rings. The predicted molar refractivity (Wildman–Crippen MR) is 130 cm³/mol. The van der Waals surface area contributed by atoms with Crippen LogP contribution in [0.4, 0.5) is 15.2 Å². The zero-order valence-corrected chi connectivity index (χ0v) is 20.0. The number of anilines is 2. The van der Waals surface area contributed by atoms with Gasteiger partial charge in [0.15, 0.2) is 10.8 Å². The quantitative estimate of drug-likeness (QED) is 0.532. The van der Waals surface area contributed by atoms with Crippen LogP contribution in [0.2, 0.25) is 0 Å². The second kappa shape index (κ2) is 10.3. The molecule has 0 unspecified atom stereocenters. The molecule has 0 radical (unpaired) electrons. The van der Waals surface area contributed by atoms with Crippen LogP contribution in [0.15, 0.2) is 29.3 Å². The number of nitrogens with one attached hydrogen (secondary N) is 2. The summed E-state index contributed by atoms with van der Waals surface area (Å²) in [5.74, 6) is -1.15. The summed E-state index contributed by atoms with van der Waals surface area (Å²) >= 11 is 1.21. The lowest BCUT2D eigenvalue weighted by Crippen LogP contribution is -2.43. The molecule has 34 heavy (non-hydrogen) atoms. The number of hydrogen-bond donors (Lipinski definition) is 2. The van der Waals surface area contributed by atoms with E-state index in [0.717, 1.165) is 31.4 Å². The van der Waals surface area contributed by atoms with Crippen molar-refractivity contribution in [3.05, 3.63) is 46.3 Å². The number of benzene rings is 1. The lowest BCUT2D eigenvalue weighted by Gasteiger charge is -2.31. The number of hydrogen-bond acceptors (Lipinski definition) is 7. The highest BCUT2D eigenvalue weighted by molar-refractivity contribution is 7.22. The Morgan fingerprint density at radius 3 is 2.91 bits per heavy atom. The smallest absolute Gasteiger partial charge is 0.273 e. The first kappa shape index (κ1) is 23.8. The monoisotopic (exact) mass is 486 g/mol. The Balaban J connectivity index is 1.48. The third kappa shape index (κ3) is 5.24. The van der Waals surface area contributed by atoms with E-state index in [1.54, 1.807) is 13.0 Å². The van der Waals surface area contributed by atoms with Crippen molar-refractivity contribution in [3.8, 4) is 0 Å². The van der Waals surface area contributed by atoms with E-state index in [-0.39, 0.29) is 29.6 Å². The minimum Gasteiger partial charge on any atom is -0.356 e. The molecule has 1 atom stereocenters. The van der Waals surface area contributed by atoms with Crippen molar-refractivity contribution >= 4 is 44.3 Å². The van der Waals surface area contributed by atoms with Gasteiger partial charge in [0.2, 0.25) is 11.8 Å². The number of fused-ring (bicyclic) bond motifs is 1. The summed E-state index contributed by atoms with van der Waals surface area (Å²) in [7, 11) is 0. The number of halogens is 1. The fraction of sp³-hybridized carbons (Fsp3) is 0.435. The summed E-state index contributed by atoms with van der Waals surface area (Å²) in [5.41, 5.74) is 0.718. The maximum absolute atomic E-state index is 14.0. The number of thiazole rings is 1. The van der Waals surface area contributed by atoms with Crippen LogP contribution in [0.25, 0.3) is 10.3 Å². The molecule has 11 heteroatoms. The van der Waals surface area contributed by atoms with Crippen molar-refractivity contribution < 1.29 is 14.0 Å². The van der Waals surface area contributed by atoms with Gasteiger partial charge in [-0.3, -0.25) is 19.0 Å². The maximum Gasteiger partial charge on any atom is 0.273 e.